The first-order chi connectivity index (χ1) is 12.2. The second-order valence-electron chi connectivity index (χ2n) is 7.77. The Labute approximate surface area is 154 Å². The van der Waals surface area contributed by atoms with Crippen molar-refractivity contribution in [2.75, 3.05) is 45.8 Å². The number of ether oxygens (including phenoxy) is 1. The Balaban J connectivity index is 1.28. The summed E-state index contributed by atoms with van der Waals surface area (Å²) in [5, 5.41) is 5.52. The van der Waals surface area contributed by atoms with Crippen LogP contribution in [-0.4, -0.2) is 67.7 Å². The van der Waals surface area contributed by atoms with Crippen molar-refractivity contribution >= 4 is 17.3 Å². The van der Waals surface area contributed by atoms with Crippen molar-refractivity contribution in [1.82, 2.24) is 15.1 Å². The Kier molecular flexibility index (Phi) is 5.41. The van der Waals surface area contributed by atoms with Crippen LogP contribution >= 0.6 is 11.3 Å². The molecule has 25 heavy (non-hydrogen) atoms. The molecule has 4 heterocycles. The molecule has 0 radical (unpaired) electrons. The highest BCUT2D eigenvalue weighted by molar-refractivity contribution is 7.09. The highest BCUT2D eigenvalue weighted by Crippen LogP contribution is 2.41. The lowest BCUT2D eigenvalue weighted by Crippen LogP contribution is -2.40. The van der Waals surface area contributed by atoms with Crippen LogP contribution in [0.5, 0.6) is 0 Å². The molecule has 0 aliphatic carbocycles. The fourth-order valence-electron chi connectivity index (χ4n) is 4.53. The molecule has 1 spiro atoms. The van der Waals surface area contributed by atoms with Gasteiger partial charge < -0.3 is 10.1 Å². The maximum Gasteiger partial charge on any atom is 0.312 e. The Hall–Kier alpha value is -0.950. The molecule has 3 saturated heterocycles. The van der Waals surface area contributed by atoms with Gasteiger partial charge in [0.15, 0.2) is 0 Å². The van der Waals surface area contributed by atoms with Crippen LogP contribution < -0.4 is 5.32 Å². The lowest BCUT2D eigenvalue weighted by Gasteiger charge is -2.29. The summed E-state index contributed by atoms with van der Waals surface area (Å²) in [7, 11) is 0. The van der Waals surface area contributed by atoms with Gasteiger partial charge in [-0.3, -0.25) is 14.6 Å². The molecular formula is C19H29N3O2S. The zero-order valence-corrected chi connectivity index (χ0v) is 15.7. The van der Waals surface area contributed by atoms with Crippen molar-refractivity contribution < 1.29 is 9.53 Å². The molecule has 4 rings (SSSR count). The lowest BCUT2D eigenvalue weighted by atomic mass is 9.76. The smallest absolute Gasteiger partial charge is 0.312 e. The van der Waals surface area contributed by atoms with Crippen molar-refractivity contribution in [2.45, 2.75) is 38.3 Å². The highest BCUT2D eigenvalue weighted by atomic mass is 32.1. The van der Waals surface area contributed by atoms with Crippen LogP contribution in [0.1, 0.15) is 30.6 Å². The summed E-state index contributed by atoms with van der Waals surface area (Å²) in [6.07, 6.45) is 4.09. The summed E-state index contributed by atoms with van der Waals surface area (Å²) in [5.74, 6) is 0.0631. The van der Waals surface area contributed by atoms with E-state index >= 15 is 0 Å². The van der Waals surface area contributed by atoms with E-state index in [-0.39, 0.29) is 17.5 Å². The molecule has 0 saturated carbocycles. The van der Waals surface area contributed by atoms with E-state index in [1.165, 1.54) is 11.3 Å². The number of hydrogen-bond donors (Lipinski definition) is 1. The van der Waals surface area contributed by atoms with Gasteiger partial charge in [0.2, 0.25) is 0 Å². The van der Waals surface area contributed by atoms with E-state index in [1.807, 2.05) is 11.3 Å². The molecule has 138 valence electrons. The zero-order chi connectivity index (χ0) is 17.1. The summed E-state index contributed by atoms with van der Waals surface area (Å²) < 4.78 is 5.79. The molecule has 1 atom stereocenters. The predicted octanol–water partition coefficient (Wildman–Crippen LogP) is 1.94. The van der Waals surface area contributed by atoms with Crippen molar-refractivity contribution in [2.24, 2.45) is 5.41 Å². The van der Waals surface area contributed by atoms with Gasteiger partial charge in [-0.1, -0.05) is 6.07 Å². The van der Waals surface area contributed by atoms with Crippen LogP contribution in [0, 0.1) is 5.41 Å². The van der Waals surface area contributed by atoms with E-state index in [1.54, 1.807) is 0 Å². The monoisotopic (exact) mass is 363 g/mol. The molecule has 3 aliphatic rings. The fraction of sp³-hybridized carbons (Fsp3) is 0.737. The van der Waals surface area contributed by atoms with E-state index in [0.717, 1.165) is 71.6 Å². The Bertz CT molecular complexity index is 571. The number of carbonyl (C=O) groups excluding carboxylic acids is 1. The van der Waals surface area contributed by atoms with E-state index in [4.69, 9.17) is 4.74 Å². The van der Waals surface area contributed by atoms with Crippen LogP contribution in [0.15, 0.2) is 17.5 Å². The average molecular weight is 364 g/mol. The molecule has 1 aromatic heterocycles. The van der Waals surface area contributed by atoms with Gasteiger partial charge >= 0.3 is 5.97 Å². The second-order valence-corrected chi connectivity index (χ2v) is 8.80. The number of nitrogens with one attached hydrogen (secondary N) is 1. The van der Waals surface area contributed by atoms with E-state index < -0.39 is 0 Å². The fourth-order valence-corrected chi connectivity index (χ4v) is 5.27. The van der Waals surface area contributed by atoms with Crippen LogP contribution in [-0.2, 0) is 16.1 Å². The predicted molar refractivity (Wildman–Crippen MR) is 99.7 cm³/mol. The van der Waals surface area contributed by atoms with Crippen molar-refractivity contribution in [1.29, 1.82) is 0 Å². The molecule has 1 N–H and O–H groups in total. The van der Waals surface area contributed by atoms with E-state index in [0.29, 0.717) is 0 Å². The van der Waals surface area contributed by atoms with Gasteiger partial charge in [-0.05, 0) is 56.9 Å². The number of nitrogens with zero attached hydrogens (tertiary/aromatic N) is 2. The maximum atomic E-state index is 12.4. The largest absolute Gasteiger partial charge is 0.461 e. The summed E-state index contributed by atoms with van der Waals surface area (Å²) in [5.41, 5.74) is -0.188. The first kappa shape index (κ1) is 17.5. The Morgan fingerprint density at radius 2 is 2.00 bits per heavy atom. The highest BCUT2D eigenvalue weighted by Gasteiger charge is 2.49. The molecule has 3 fully saturated rings. The van der Waals surface area contributed by atoms with Gasteiger partial charge in [0.1, 0.15) is 6.10 Å². The number of cyclic esters (lactones) is 1. The summed E-state index contributed by atoms with van der Waals surface area (Å²) >= 11 is 1.85. The molecule has 1 aromatic rings. The number of thiophene rings is 1. The Morgan fingerprint density at radius 1 is 1.20 bits per heavy atom. The average Bonchev–Trinajstić information content (AvgIpc) is 3.14. The Morgan fingerprint density at radius 3 is 2.80 bits per heavy atom. The molecule has 3 aliphatic heterocycles. The maximum absolute atomic E-state index is 12.4. The quantitative estimate of drug-likeness (QED) is 0.829. The molecule has 6 heteroatoms. The first-order valence-electron chi connectivity index (χ1n) is 9.62. The third-order valence-corrected chi connectivity index (χ3v) is 6.85. The second kappa shape index (κ2) is 7.74. The minimum atomic E-state index is -0.188. The summed E-state index contributed by atoms with van der Waals surface area (Å²) in [6, 6.07) is 4.36. The van der Waals surface area contributed by atoms with Crippen molar-refractivity contribution in [3.63, 3.8) is 0 Å². The van der Waals surface area contributed by atoms with Gasteiger partial charge in [-0.15, -0.1) is 11.3 Å². The van der Waals surface area contributed by atoms with Crippen molar-refractivity contribution in [3.8, 4) is 0 Å². The van der Waals surface area contributed by atoms with Crippen molar-refractivity contribution in [3.05, 3.63) is 22.4 Å². The van der Waals surface area contributed by atoms with Gasteiger partial charge in [0.05, 0.1) is 5.41 Å². The van der Waals surface area contributed by atoms with Crippen LogP contribution in [0.3, 0.4) is 0 Å². The van der Waals surface area contributed by atoms with Crippen LogP contribution in [0.25, 0.3) is 0 Å². The molecule has 5 nitrogen and oxygen atoms in total. The zero-order valence-electron chi connectivity index (χ0n) is 14.9. The normalized spacial score (nSPS) is 28.2. The van der Waals surface area contributed by atoms with Gasteiger partial charge in [-0.2, -0.15) is 0 Å². The van der Waals surface area contributed by atoms with E-state index in [2.05, 4.69) is 32.6 Å². The molecule has 0 amide bonds. The third kappa shape index (κ3) is 4.08. The number of piperidine rings is 1. The van der Waals surface area contributed by atoms with E-state index in [9.17, 15) is 4.79 Å². The summed E-state index contributed by atoms with van der Waals surface area (Å²) in [4.78, 5) is 18.9. The standard InChI is InChI=1S/C19H29N3O2S/c23-18-19(4-6-20-7-5-19)13-16(24-18)14-21-8-2-9-22(11-10-21)15-17-3-1-12-25-17/h1,3,12,16,20H,2,4-11,13-15H2. The first-order valence-corrected chi connectivity index (χ1v) is 10.5. The van der Waals surface area contributed by atoms with Gasteiger partial charge in [-0.25, -0.2) is 0 Å². The van der Waals surface area contributed by atoms with Gasteiger partial charge in [0, 0.05) is 37.5 Å². The molecular weight excluding hydrogens is 334 g/mol. The number of rotatable bonds is 4. The number of esters is 1. The number of hydrogen-bond acceptors (Lipinski definition) is 6. The molecule has 0 bridgehead atoms. The minimum absolute atomic E-state index is 0.0631. The third-order valence-electron chi connectivity index (χ3n) is 5.99. The number of carbonyl (C=O) groups is 1. The summed E-state index contributed by atoms with van der Waals surface area (Å²) in [6.45, 7) is 8.33. The topological polar surface area (TPSA) is 44.8 Å². The molecule has 0 aromatic carbocycles. The minimum Gasteiger partial charge on any atom is -0.461 e. The van der Waals surface area contributed by atoms with Crippen LogP contribution in [0.2, 0.25) is 0 Å². The van der Waals surface area contributed by atoms with Crippen LogP contribution in [0.4, 0.5) is 0 Å². The SMILES string of the molecule is O=C1OC(CN2CCCN(Cc3cccs3)CC2)CC12CCNCC2. The lowest BCUT2D eigenvalue weighted by molar-refractivity contribution is -0.150. The molecule has 1 unspecified atom stereocenters. The van der Waals surface area contributed by atoms with Gasteiger partial charge in [0.25, 0.3) is 0 Å².